The molecule has 0 saturated carbocycles. The summed E-state index contributed by atoms with van der Waals surface area (Å²) in [6, 6.07) is 0. The molecule has 0 heterocycles. The zero-order valence-electron chi connectivity index (χ0n) is 24.2. The lowest BCUT2D eigenvalue weighted by atomic mass is 10.0. The molecule has 2 heteroatoms. The van der Waals surface area contributed by atoms with Gasteiger partial charge in [0.05, 0.1) is 0 Å². The monoisotopic (exact) mass is 502 g/mol. The number of allylic oxidation sites excluding steroid dienone is 6. The van der Waals surface area contributed by atoms with Crippen LogP contribution >= 0.6 is 0 Å². The van der Waals surface area contributed by atoms with E-state index < -0.39 is 5.97 Å². The lowest BCUT2D eigenvalue weighted by Crippen LogP contribution is -1.93. The topological polar surface area (TPSA) is 37.3 Å². The molecule has 0 aliphatic carbocycles. The molecule has 36 heavy (non-hydrogen) atoms. The van der Waals surface area contributed by atoms with Gasteiger partial charge in [0.25, 0.3) is 0 Å². The third-order valence-corrected chi connectivity index (χ3v) is 7.03. The maximum atomic E-state index is 10.5. The van der Waals surface area contributed by atoms with Crippen LogP contribution in [-0.4, -0.2) is 11.1 Å². The number of aliphatic carboxylic acids is 1. The molecule has 0 rings (SSSR count). The van der Waals surface area contributed by atoms with Crippen LogP contribution in [0.3, 0.4) is 0 Å². The van der Waals surface area contributed by atoms with E-state index in [4.69, 9.17) is 5.11 Å². The van der Waals surface area contributed by atoms with Crippen LogP contribution in [-0.2, 0) is 4.79 Å². The second-order valence-electron chi connectivity index (χ2n) is 10.7. The maximum Gasteiger partial charge on any atom is 0.303 e. The van der Waals surface area contributed by atoms with E-state index in [9.17, 15) is 4.79 Å². The molecule has 0 radical (unpaired) electrons. The fourth-order valence-electron chi connectivity index (χ4n) is 4.66. The molecule has 0 saturated heterocycles. The highest BCUT2D eigenvalue weighted by Crippen LogP contribution is 2.14. The van der Waals surface area contributed by atoms with E-state index in [0.29, 0.717) is 6.42 Å². The Morgan fingerprint density at radius 2 is 0.750 bits per heavy atom. The van der Waals surface area contributed by atoms with Gasteiger partial charge in [-0.25, -0.2) is 0 Å². The Hall–Kier alpha value is -1.31. The van der Waals surface area contributed by atoms with Crippen molar-refractivity contribution in [2.45, 2.75) is 174 Å². The molecule has 0 aromatic rings. The fourth-order valence-corrected chi connectivity index (χ4v) is 4.66. The number of rotatable bonds is 29. The Balaban J connectivity index is 3.18. The molecule has 0 aliphatic heterocycles. The van der Waals surface area contributed by atoms with Crippen molar-refractivity contribution in [1.82, 2.24) is 0 Å². The summed E-state index contributed by atoms with van der Waals surface area (Å²) < 4.78 is 0. The number of hydrogen-bond donors (Lipinski definition) is 1. The Kier molecular flexibility index (Phi) is 30.6. The average molecular weight is 503 g/mol. The van der Waals surface area contributed by atoms with Crippen LogP contribution in [0.4, 0.5) is 0 Å². The van der Waals surface area contributed by atoms with Crippen molar-refractivity contribution >= 4 is 5.97 Å². The molecule has 0 unspecified atom stereocenters. The normalized spacial score (nSPS) is 12.0. The first-order chi connectivity index (χ1) is 17.8. The van der Waals surface area contributed by atoms with Crippen molar-refractivity contribution in [3.63, 3.8) is 0 Å². The van der Waals surface area contributed by atoms with Crippen LogP contribution in [0.25, 0.3) is 0 Å². The first-order valence-electron chi connectivity index (χ1n) is 15.9. The number of carbonyl (C=O) groups is 1. The Bertz CT molecular complexity index is 517. The standard InChI is InChI=1S/C34H62O2/c1-2-3-4-5-6-7-8-9-10-11-12-13-14-15-16-17-18-19-20-21-22-23-24-25-26-27-28-29-30-31-32-33-34(35)36/h8-9,11-12,14-15H,2-7,10,13,16-33H2,1H3,(H,35,36)/b9-8-,12-11-,15-14-. The van der Waals surface area contributed by atoms with Crippen molar-refractivity contribution in [2.75, 3.05) is 0 Å². The molecule has 0 spiro atoms. The highest BCUT2D eigenvalue weighted by Gasteiger charge is 1.97. The lowest BCUT2D eigenvalue weighted by molar-refractivity contribution is -0.137. The van der Waals surface area contributed by atoms with Gasteiger partial charge >= 0.3 is 5.97 Å². The zero-order chi connectivity index (χ0) is 26.2. The predicted molar refractivity (Wildman–Crippen MR) is 161 cm³/mol. The van der Waals surface area contributed by atoms with Gasteiger partial charge in [-0.05, 0) is 44.9 Å². The molecule has 0 aromatic heterocycles. The third kappa shape index (κ3) is 32.7. The second-order valence-corrected chi connectivity index (χ2v) is 10.7. The highest BCUT2D eigenvalue weighted by atomic mass is 16.4. The van der Waals surface area contributed by atoms with Crippen LogP contribution in [0, 0.1) is 0 Å². The Labute approximate surface area is 226 Å². The van der Waals surface area contributed by atoms with Gasteiger partial charge in [-0.3, -0.25) is 4.79 Å². The molecular formula is C34H62O2. The molecule has 1 N–H and O–H groups in total. The first kappa shape index (κ1) is 34.7. The van der Waals surface area contributed by atoms with E-state index in [0.717, 1.165) is 25.7 Å². The highest BCUT2D eigenvalue weighted by molar-refractivity contribution is 5.66. The smallest absolute Gasteiger partial charge is 0.303 e. The van der Waals surface area contributed by atoms with Gasteiger partial charge in [-0.15, -0.1) is 0 Å². The summed E-state index contributed by atoms with van der Waals surface area (Å²) in [5.41, 5.74) is 0. The molecule has 2 nitrogen and oxygen atoms in total. The minimum absolute atomic E-state index is 0.341. The van der Waals surface area contributed by atoms with E-state index >= 15 is 0 Å². The van der Waals surface area contributed by atoms with Crippen molar-refractivity contribution < 1.29 is 9.90 Å². The van der Waals surface area contributed by atoms with Crippen molar-refractivity contribution in [2.24, 2.45) is 0 Å². The number of unbranched alkanes of at least 4 members (excludes halogenated alkanes) is 21. The third-order valence-electron chi connectivity index (χ3n) is 7.03. The van der Waals surface area contributed by atoms with Gasteiger partial charge in [0, 0.05) is 6.42 Å². The number of hydrogen-bond acceptors (Lipinski definition) is 1. The molecule has 210 valence electrons. The van der Waals surface area contributed by atoms with Crippen molar-refractivity contribution in [3.8, 4) is 0 Å². The van der Waals surface area contributed by atoms with Crippen LogP contribution in [0.2, 0.25) is 0 Å². The van der Waals surface area contributed by atoms with Gasteiger partial charge in [0.2, 0.25) is 0 Å². The second kappa shape index (κ2) is 31.7. The minimum atomic E-state index is -0.653. The van der Waals surface area contributed by atoms with Crippen LogP contribution < -0.4 is 0 Å². The van der Waals surface area contributed by atoms with Crippen molar-refractivity contribution in [1.29, 1.82) is 0 Å². The van der Waals surface area contributed by atoms with Gasteiger partial charge in [-0.2, -0.15) is 0 Å². The summed E-state index contributed by atoms with van der Waals surface area (Å²) in [7, 11) is 0. The van der Waals surface area contributed by atoms with E-state index in [-0.39, 0.29) is 0 Å². The summed E-state index contributed by atoms with van der Waals surface area (Å²) >= 11 is 0. The molecule has 0 aromatic carbocycles. The van der Waals surface area contributed by atoms with E-state index in [2.05, 4.69) is 43.4 Å². The number of carboxylic acid groups (broad SMARTS) is 1. The van der Waals surface area contributed by atoms with Crippen LogP contribution in [0.15, 0.2) is 36.5 Å². The summed E-state index contributed by atoms with van der Waals surface area (Å²) in [6.45, 7) is 2.27. The first-order valence-corrected chi connectivity index (χ1v) is 15.9. The SMILES string of the molecule is CCCCCCC/C=C\C/C=C\C/C=C\CCCCCCCCCCCCCCCCCCC(=O)O. The van der Waals surface area contributed by atoms with Crippen molar-refractivity contribution in [3.05, 3.63) is 36.5 Å². The Morgan fingerprint density at radius 1 is 0.444 bits per heavy atom. The largest absolute Gasteiger partial charge is 0.481 e. The number of carboxylic acids is 1. The molecule has 0 amide bonds. The van der Waals surface area contributed by atoms with Gasteiger partial charge < -0.3 is 5.11 Å². The molecule has 0 fully saturated rings. The molecule has 0 atom stereocenters. The van der Waals surface area contributed by atoms with Gasteiger partial charge in [0.15, 0.2) is 0 Å². The summed E-state index contributed by atoms with van der Waals surface area (Å²) in [4.78, 5) is 10.5. The van der Waals surface area contributed by atoms with Gasteiger partial charge in [-0.1, -0.05) is 159 Å². The molecule has 0 bridgehead atoms. The lowest BCUT2D eigenvalue weighted by Gasteiger charge is -2.03. The summed E-state index contributed by atoms with van der Waals surface area (Å²) in [5, 5.41) is 8.62. The van der Waals surface area contributed by atoms with E-state index in [1.165, 1.54) is 135 Å². The average Bonchev–Trinajstić information content (AvgIpc) is 2.87. The molecule has 0 aliphatic rings. The summed E-state index contributed by atoms with van der Waals surface area (Å²) in [6.07, 6.45) is 47.0. The fraction of sp³-hybridized carbons (Fsp3) is 0.794. The Morgan fingerprint density at radius 3 is 1.11 bits per heavy atom. The maximum absolute atomic E-state index is 10.5. The summed E-state index contributed by atoms with van der Waals surface area (Å²) in [5.74, 6) is -0.653. The van der Waals surface area contributed by atoms with E-state index in [1.54, 1.807) is 0 Å². The zero-order valence-corrected chi connectivity index (χ0v) is 24.2. The molecular weight excluding hydrogens is 440 g/mol. The van der Waals surface area contributed by atoms with Crippen LogP contribution in [0.1, 0.15) is 174 Å². The van der Waals surface area contributed by atoms with E-state index in [1.807, 2.05) is 0 Å². The van der Waals surface area contributed by atoms with Gasteiger partial charge in [0.1, 0.15) is 0 Å². The quantitative estimate of drug-likeness (QED) is 0.0815. The van der Waals surface area contributed by atoms with Crippen LogP contribution in [0.5, 0.6) is 0 Å². The predicted octanol–water partition coefficient (Wildman–Crippen LogP) is 11.9. The minimum Gasteiger partial charge on any atom is -0.481 e.